The molecule has 0 saturated carbocycles. The minimum atomic E-state index is -0.447. The normalized spacial score (nSPS) is 12.2. The van der Waals surface area contributed by atoms with Crippen LogP contribution in [0.3, 0.4) is 0 Å². The van der Waals surface area contributed by atoms with Crippen molar-refractivity contribution in [3.63, 3.8) is 0 Å². The Kier molecular flexibility index (Phi) is 5.47. The summed E-state index contributed by atoms with van der Waals surface area (Å²) in [7, 11) is 0. The van der Waals surface area contributed by atoms with Crippen LogP contribution in [0.2, 0.25) is 0 Å². The Balaban J connectivity index is 2.67. The van der Waals surface area contributed by atoms with Crippen LogP contribution in [-0.2, 0) is 0 Å². The molecule has 1 amide bonds. The van der Waals surface area contributed by atoms with Gasteiger partial charge < -0.3 is 11.1 Å². The van der Waals surface area contributed by atoms with Crippen LogP contribution in [0.25, 0.3) is 0 Å². The number of nitrogen functional groups attached to an aromatic ring is 1. The van der Waals surface area contributed by atoms with Gasteiger partial charge in [-0.1, -0.05) is 6.92 Å². The van der Waals surface area contributed by atoms with Crippen molar-refractivity contribution in [3.05, 3.63) is 29.1 Å². The Morgan fingerprint density at radius 3 is 2.78 bits per heavy atom. The molecule has 0 heterocycles. The lowest BCUT2D eigenvalue weighted by molar-refractivity contribution is 0.0949. The van der Waals surface area contributed by atoms with E-state index in [0.29, 0.717) is 23.7 Å². The highest BCUT2D eigenvalue weighted by atomic mass is 32.2. The number of rotatable bonds is 5. The van der Waals surface area contributed by atoms with E-state index in [9.17, 15) is 9.18 Å². The molecule has 3 nitrogen and oxygen atoms in total. The van der Waals surface area contributed by atoms with Crippen molar-refractivity contribution in [1.82, 2.24) is 5.32 Å². The van der Waals surface area contributed by atoms with Gasteiger partial charge in [-0.15, -0.1) is 0 Å². The van der Waals surface area contributed by atoms with Gasteiger partial charge in [-0.25, -0.2) is 4.39 Å². The summed E-state index contributed by atoms with van der Waals surface area (Å²) in [5, 5.41) is 2.78. The molecule has 1 aromatic rings. The molecule has 0 radical (unpaired) electrons. The van der Waals surface area contributed by atoms with Crippen molar-refractivity contribution >= 4 is 23.4 Å². The number of hydrogen-bond acceptors (Lipinski definition) is 3. The SMILES string of the molecule is CSCC(C)CNC(=O)c1cc(N)c(C)c(F)c1. The smallest absolute Gasteiger partial charge is 0.251 e. The van der Waals surface area contributed by atoms with Gasteiger partial charge in [0, 0.05) is 23.4 Å². The summed E-state index contributed by atoms with van der Waals surface area (Å²) in [4.78, 5) is 11.8. The van der Waals surface area contributed by atoms with E-state index in [-0.39, 0.29) is 11.5 Å². The predicted molar refractivity (Wildman–Crippen MR) is 75.4 cm³/mol. The van der Waals surface area contributed by atoms with E-state index in [1.54, 1.807) is 18.7 Å². The van der Waals surface area contributed by atoms with Crippen molar-refractivity contribution in [2.24, 2.45) is 5.92 Å². The summed E-state index contributed by atoms with van der Waals surface area (Å²) in [6.07, 6.45) is 2.02. The Hall–Kier alpha value is -1.23. The molecular weight excluding hydrogens is 251 g/mol. The number of carbonyl (C=O) groups is 1. The molecule has 1 aromatic carbocycles. The van der Waals surface area contributed by atoms with Crippen molar-refractivity contribution in [1.29, 1.82) is 0 Å². The van der Waals surface area contributed by atoms with Crippen LogP contribution in [0.4, 0.5) is 10.1 Å². The van der Waals surface area contributed by atoms with Crippen LogP contribution in [0.1, 0.15) is 22.8 Å². The molecule has 0 aromatic heterocycles. The molecule has 0 aliphatic rings. The Morgan fingerprint density at radius 1 is 1.56 bits per heavy atom. The van der Waals surface area contributed by atoms with Crippen LogP contribution in [0.5, 0.6) is 0 Å². The maximum absolute atomic E-state index is 13.5. The molecule has 0 aliphatic heterocycles. The number of hydrogen-bond donors (Lipinski definition) is 2. The topological polar surface area (TPSA) is 55.1 Å². The fourth-order valence-electron chi connectivity index (χ4n) is 1.54. The van der Waals surface area contributed by atoms with Gasteiger partial charge in [0.15, 0.2) is 0 Å². The molecule has 0 spiro atoms. The number of nitrogens with two attached hydrogens (primary N) is 1. The third-order valence-electron chi connectivity index (χ3n) is 2.71. The first-order chi connectivity index (χ1) is 8.45. The van der Waals surface area contributed by atoms with Gasteiger partial charge >= 0.3 is 0 Å². The van der Waals surface area contributed by atoms with E-state index in [2.05, 4.69) is 12.2 Å². The second kappa shape index (κ2) is 6.64. The minimum Gasteiger partial charge on any atom is -0.398 e. The van der Waals surface area contributed by atoms with Gasteiger partial charge in [0.25, 0.3) is 5.91 Å². The lowest BCUT2D eigenvalue weighted by Gasteiger charge is -2.12. The zero-order chi connectivity index (χ0) is 13.7. The molecule has 18 heavy (non-hydrogen) atoms. The molecule has 5 heteroatoms. The fraction of sp³-hybridized carbons (Fsp3) is 0.462. The minimum absolute atomic E-state index is 0.270. The standard InChI is InChI=1S/C13H19FN2OS/c1-8(7-18-3)6-16-13(17)10-4-11(14)9(2)12(15)5-10/h4-5,8H,6-7,15H2,1-3H3,(H,16,17). The molecule has 1 atom stereocenters. The van der Waals surface area contributed by atoms with Crippen molar-refractivity contribution in [3.8, 4) is 0 Å². The van der Waals surface area contributed by atoms with E-state index in [0.717, 1.165) is 5.75 Å². The quantitative estimate of drug-likeness (QED) is 0.808. The van der Waals surface area contributed by atoms with E-state index >= 15 is 0 Å². The summed E-state index contributed by atoms with van der Waals surface area (Å²) >= 11 is 1.73. The number of halogens is 1. The highest BCUT2D eigenvalue weighted by Gasteiger charge is 2.11. The predicted octanol–water partition coefficient (Wildman–Crippen LogP) is 2.45. The Morgan fingerprint density at radius 2 is 2.22 bits per heavy atom. The number of amides is 1. The van der Waals surface area contributed by atoms with Gasteiger partial charge in [0.2, 0.25) is 0 Å². The molecular formula is C13H19FN2OS. The summed E-state index contributed by atoms with van der Waals surface area (Å²) in [5.74, 6) is 0.632. The molecule has 1 unspecified atom stereocenters. The Labute approximate surface area is 111 Å². The zero-order valence-electron chi connectivity index (χ0n) is 10.9. The average Bonchev–Trinajstić information content (AvgIpc) is 2.32. The highest BCUT2D eigenvalue weighted by molar-refractivity contribution is 7.98. The van der Waals surface area contributed by atoms with Gasteiger partial charge in [0.1, 0.15) is 5.82 Å². The summed E-state index contributed by atoms with van der Waals surface area (Å²) in [5.41, 5.74) is 6.59. The number of benzene rings is 1. The molecule has 0 aliphatic carbocycles. The van der Waals surface area contributed by atoms with E-state index in [1.165, 1.54) is 12.1 Å². The van der Waals surface area contributed by atoms with Crippen molar-refractivity contribution < 1.29 is 9.18 Å². The molecule has 3 N–H and O–H groups in total. The van der Waals surface area contributed by atoms with Crippen molar-refractivity contribution in [2.45, 2.75) is 13.8 Å². The first kappa shape index (κ1) is 14.8. The molecule has 0 fully saturated rings. The number of nitrogens with one attached hydrogen (secondary N) is 1. The van der Waals surface area contributed by atoms with Gasteiger partial charge in [-0.05, 0) is 37.0 Å². The third kappa shape index (κ3) is 3.91. The van der Waals surface area contributed by atoms with Gasteiger partial charge in [-0.2, -0.15) is 11.8 Å². The van der Waals surface area contributed by atoms with E-state index in [4.69, 9.17) is 5.73 Å². The fourth-order valence-corrected chi connectivity index (χ4v) is 2.23. The highest BCUT2D eigenvalue weighted by Crippen LogP contribution is 2.17. The summed E-state index contributed by atoms with van der Waals surface area (Å²) in [6, 6.07) is 2.73. The number of carbonyl (C=O) groups excluding carboxylic acids is 1. The maximum Gasteiger partial charge on any atom is 0.251 e. The van der Waals surface area contributed by atoms with Crippen LogP contribution in [-0.4, -0.2) is 24.5 Å². The maximum atomic E-state index is 13.5. The van der Waals surface area contributed by atoms with Crippen LogP contribution >= 0.6 is 11.8 Å². The van der Waals surface area contributed by atoms with Crippen molar-refractivity contribution in [2.75, 3.05) is 24.3 Å². The van der Waals surface area contributed by atoms with Gasteiger partial charge in [-0.3, -0.25) is 4.79 Å². The molecule has 100 valence electrons. The monoisotopic (exact) mass is 270 g/mol. The Bertz CT molecular complexity index is 414. The van der Waals surface area contributed by atoms with E-state index in [1.807, 2.05) is 6.26 Å². The first-order valence-electron chi connectivity index (χ1n) is 5.78. The van der Waals surface area contributed by atoms with Crippen LogP contribution < -0.4 is 11.1 Å². The molecule has 0 bridgehead atoms. The third-order valence-corrected chi connectivity index (χ3v) is 3.61. The average molecular weight is 270 g/mol. The zero-order valence-corrected chi connectivity index (χ0v) is 11.7. The number of thioether (sulfide) groups is 1. The van der Waals surface area contributed by atoms with Crippen LogP contribution in [0.15, 0.2) is 12.1 Å². The molecule has 1 rings (SSSR count). The largest absolute Gasteiger partial charge is 0.398 e. The second-order valence-electron chi connectivity index (χ2n) is 4.44. The lowest BCUT2D eigenvalue weighted by Crippen LogP contribution is -2.29. The summed E-state index contributed by atoms with van der Waals surface area (Å²) in [6.45, 7) is 4.23. The number of anilines is 1. The van der Waals surface area contributed by atoms with E-state index < -0.39 is 5.82 Å². The van der Waals surface area contributed by atoms with Gasteiger partial charge in [0.05, 0.1) is 0 Å². The lowest BCUT2D eigenvalue weighted by atomic mass is 10.1. The molecule has 0 saturated heterocycles. The second-order valence-corrected chi connectivity index (χ2v) is 5.35. The van der Waals surface area contributed by atoms with Crippen LogP contribution in [0, 0.1) is 18.7 Å². The first-order valence-corrected chi connectivity index (χ1v) is 7.17. The summed E-state index contributed by atoms with van der Waals surface area (Å²) < 4.78 is 13.5.